The Morgan fingerprint density at radius 3 is 2.43 bits per heavy atom. The fourth-order valence-corrected chi connectivity index (χ4v) is 3.50. The highest BCUT2D eigenvalue weighted by atomic mass is 19.4. The number of aliphatic hydroxyl groups is 1. The lowest BCUT2D eigenvalue weighted by molar-refractivity contribution is -0.263. The van der Waals surface area contributed by atoms with Crippen molar-refractivity contribution in [2.45, 2.75) is 56.7 Å². The molecule has 2 aliphatic heterocycles. The van der Waals surface area contributed by atoms with E-state index >= 15 is 0 Å². The molecular formula is C16H25F3N2O2. The van der Waals surface area contributed by atoms with Gasteiger partial charge in [-0.1, -0.05) is 0 Å². The Balaban J connectivity index is 1.80. The monoisotopic (exact) mass is 334 g/mol. The van der Waals surface area contributed by atoms with E-state index in [-0.39, 0.29) is 24.8 Å². The van der Waals surface area contributed by atoms with Crippen molar-refractivity contribution < 1.29 is 23.0 Å². The predicted molar refractivity (Wildman–Crippen MR) is 78.6 cm³/mol. The summed E-state index contributed by atoms with van der Waals surface area (Å²) in [6.07, 6.45) is -1.71. The van der Waals surface area contributed by atoms with Crippen molar-refractivity contribution in [3.8, 4) is 6.07 Å². The molecule has 2 saturated heterocycles. The first-order chi connectivity index (χ1) is 10.8. The number of ether oxygens (including phenoxy) is 1. The molecular weight excluding hydrogens is 309 g/mol. The van der Waals surface area contributed by atoms with Gasteiger partial charge >= 0.3 is 6.18 Å². The van der Waals surface area contributed by atoms with Crippen LogP contribution in [0.2, 0.25) is 0 Å². The molecule has 1 unspecified atom stereocenters. The van der Waals surface area contributed by atoms with Crippen molar-refractivity contribution in [1.29, 1.82) is 5.26 Å². The molecule has 1 N–H and O–H groups in total. The van der Waals surface area contributed by atoms with Gasteiger partial charge in [0.2, 0.25) is 0 Å². The summed E-state index contributed by atoms with van der Waals surface area (Å²) >= 11 is 0. The number of nitriles is 1. The average Bonchev–Trinajstić information content (AvgIpc) is 2.71. The summed E-state index contributed by atoms with van der Waals surface area (Å²) in [6, 6.07) is 2.41. The summed E-state index contributed by atoms with van der Waals surface area (Å²) in [7, 11) is 0. The van der Waals surface area contributed by atoms with Crippen LogP contribution in [0.1, 0.15) is 44.9 Å². The number of hydrogen-bond acceptors (Lipinski definition) is 4. The maximum atomic E-state index is 12.9. The van der Waals surface area contributed by atoms with Crippen LogP contribution in [0.5, 0.6) is 0 Å². The fourth-order valence-electron chi connectivity index (χ4n) is 3.50. The molecule has 0 saturated carbocycles. The maximum Gasteiger partial charge on any atom is 0.417 e. The molecule has 4 nitrogen and oxygen atoms in total. The van der Waals surface area contributed by atoms with Gasteiger partial charge in [0.05, 0.1) is 11.5 Å². The molecule has 132 valence electrons. The van der Waals surface area contributed by atoms with Gasteiger partial charge in [0.1, 0.15) is 0 Å². The van der Waals surface area contributed by atoms with Crippen molar-refractivity contribution >= 4 is 0 Å². The van der Waals surface area contributed by atoms with Gasteiger partial charge < -0.3 is 14.7 Å². The number of hydrogen-bond donors (Lipinski definition) is 1. The maximum absolute atomic E-state index is 12.9. The Morgan fingerprint density at radius 1 is 1.13 bits per heavy atom. The number of likely N-dealkylation sites (tertiary alicyclic amines) is 1. The van der Waals surface area contributed by atoms with Crippen molar-refractivity contribution in [3.63, 3.8) is 0 Å². The van der Waals surface area contributed by atoms with Crippen molar-refractivity contribution in [1.82, 2.24) is 4.90 Å². The SMILES string of the molecule is N#CC1(CCCN2CCCC(O)(C(F)(F)F)CC2)CCOCC1. The third-order valence-electron chi connectivity index (χ3n) is 5.25. The summed E-state index contributed by atoms with van der Waals surface area (Å²) < 4.78 is 44.0. The highest BCUT2D eigenvalue weighted by molar-refractivity contribution is 5.00. The molecule has 7 heteroatoms. The minimum atomic E-state index is -4.56. The summed E-state index contributed by atoms with van der Waals surface area (Å²) in [5, 5.41) is 19.2. The molecule has 2 rings (SSSR count). The van der Waals surface area contributed by atoms with Crippen LogP contribution in [-0.4, -0.2) is 54.6 Å². The molecule has 0 bridgehead atoms. The van der Waals surface area contributed by atoms with Crippen molar-refractivity contribution in [2.24, 2.45) is 5.41 Å². The van der Waals surface area contributed by atoms with Crippen LogP contribution in [0, 0.1) is 16.7 Å². The Kier molecular flexibility index (Phi) is 5.93. The largest absolute Gasteiger partial charge is 0.417 e. The molecule has 23 heavy (non-hydrogen) atoms. The van der Waals surface area contributed by atoms with Crippen LogP contribution >= 0.6 is 0 Å². The van der Waals surface area contributed by atoms with Crippen LogP contribution in [0.3, 0.4) is 0 Å². The molecule has 0 amide bonds. The Morgan fingerprint density at radius 2 is 1.83 bits per heavy atom. The summed E-state index contributed by atoms with van der Waals surface area (Å²) in [5.41, 5.74) is -2.88. The van der Waals surface area contributed by atoms with Gasteiger partial charge in [0.25, 0.3) is 0 Å². The second-order valence-electron chi connectivity index (χ2n) is 6.83. The third-order valence-corrected chi connectivity index (χ3v) is 5.25. The number of alkyl halides is 3. The molecule has 0 aliphatic carbocycles. The first-order valence-corrected chi connectivity index (χ1v) is 8.31. The normalized spacial score (nSPS) is 29.7. The lowest BCUT2D eigenvalue weighted by Gasteiger charge is -2.31. The second-order valence-corrected chi connectivity index (χ2v) is 6.83. The van der Waals surface area contributed by atoms with Gasteiger partial charge in [0.15, 0.2) is 5.60 Å². The number of rotatable bonds is 4. The zero-order chi connectivity index (χ0) is 17.0. The van der Waals surface area contributed by atoms with Crippen LogP contribution in [0.4, 0.5) is 13.2 Å². The molecule has 0 aromatic heterocycles. The standard InChI is InChI=1S/C16H25F3N2O2/c17-16(18,19)15(22)4-2-9-21(10-5-15)8-1-3-14(13-20)6-11-23-12-7-14/h22H,1-12H2. The third kappa shape index (κ3) is 4.59. The molecule has 0 aromatic carbocycles. The van der Waals surface area contributed by atoms with E-state index in [0.717, 1.165) is 25.7 Å². The predicted octanol–water partition coefficient (Wildman–Crippen LogP) is 2.87. The Hall–Kier alpha value is -0.840. The van der Waals surface area contributed by atoms with E-state index in [1.165, 1.54) is 0 Å². The molecule has 2 aliphatic rings. The van der Waals surface area contributed by atoms with Gasteiger partial charge in [-0.05, 0) is 58.0 Å². The average molecular weight is 334 g/mol. The van der Waals surface area contributed by atoms with Gasteiger partial charge in [0, 0.05) is 19.8 Å². The highest BCUT2D eigenvalue weighted by Crippen LogP contribution is 2.39. The van der Waals surface area contributed by atoms with Gasteiger partial charge in [-0.15, -0.1) is 0 Å². The Labute approximate surface area is 135 Å². The van der Waals surface area contributed by atoms with Crippen LogP contribution < -0.4 is 0 Å². The van der Waals surface area contributed by atoms with E-state index in [4.69, 9.17) is 4.74 Å². The highest BCUT2D eigenvalue weighted by Gasteiger charge is 2.53. The first kappa shape index (κ1) is 18.5. The smallest absolute Gasteiger partial charge is 0.381 e. The molecule has 0 aromatic rings. The van der Waals surface area contributed by atoms with E-state index in [9.17, 15) is 23.5 Å². The summed E-state index contributed by atoms with van der Waals surface area (Å²) in [4.78, 5) is 1.98. The molecule has 0 radical (unpaired) electrons. The minimum absolute atomic E-state index is 0.230. The van der Waals surface area contributed by atoms with Crippen LogP contribution in [0.15, 0.2) is 0 Å². The van der Waals surface area contributed by atoms with E-state index in [1.807, 2.05) is 4.90 Å². The number of nitrogens with zero attached hydrogens (tertiary/aromatic N) is 2. The lowest BCUT2D eigenvalue weighted by atomic mass is 9.78. The van der Waals surface area contributed by atoms with E-state index < -0.39 is 11.8 Å². The van der Waals surface area contributed by atoms with Gasteiger partial charge in [-0.25, -0.2) is 0 Å². The number of halogens is 3. The van der Waals surface area contributed by atoms with Gasteiger partial charge in [-0.3, -0.25) is 0 Å². The summed E-state index contributed by atoms with van der Waals surface area (Å²) in [5.74, 6) is 0. The summed E-state index contributed by atoms with van der Waals surface area (Å²) in [6.45, 7) is 2.71. The zero-order valence-corrected chi connectivity index (χ0v) is 13.4. The van der Waals surface area contributed by atoms with E-state index in [0.29, 0.717) is 32.7 Å². The van der Waals surface area contributed by atoms with Crippen LogP contribution in [-0.2, 0) is 4.74 Å². The van der Waals surface area contributed by atoms with Crippen LogP contribution in [0.25, 0.3) is 0 Å². The van der Waals surface area contributed by atoms with Gasteiger partial charge in [-0.2, -0.15) is 18.4 Å². The molecule has 0 spiro atoms. The van der Waals surface area contributed by atoms with Crippen molar-refractivity contribution in [3.05, 3.63) is 0 Å². The minimum Gasteiger partial charge on any atom is -0.381 e. The zero-order valence-electron chi connectivity index (χ0n) is 13.4. The van der Waals surface area contributed by atoms with E-state index in [1.54, 1.807) is 0 Å². The first-order valence-electron chi connectivity index (χ1n) is 8.31. The second kappa shape index (κ2) is 7.37. The van der Waals surface area contributed by atoms with Crippen molar-refractivity contribution in [2.75, 3.05) is 32.8 Å². The molecule has 2 heterocycles. The lowest BCUT2D eigenvalue weighted by Crippen LogP contribution is -2.45. The topological polar surface area (TPSA) is 56.5 Å². The quantitative estimate of drug-likeness (QED) is 0.859. The Bertz CT molecular complexity index is 430. The fraction of sp³-hybridized carbons (Fsp3) is 0.938. The molecule has 2 fully saturated rings. The van der Waals surface area contributed by atoms with E-state index in [2.05, 4.69) is 6.07 Å². The molecule has 1 atom stereocenters.